The minimum absolute atomic E-state index is 0.0283. The first kappa shape index (κ1) is 16.0. The van der Waals surface area contributed by atoms with Crippen LogP contribution in [0.2, 0.25) is 0 Å². The molecule has 7 heteroatoms. The predicted molar refractivity (Wildman–Crippen MR) is 91.7 cm³/mol. The Morgan fingerprint density at radius 1 is 1.23 bits per heavy atom. The second kappa shape index (κ2) is 5.18. The number of aromatic nitrogens is 1. The van der Waals surface area contributed by atoms with Gasteiger partial charge >= 0.3 is 0 Å². The molecule has 0 radical (unpaired) electrons. The highest BCUT2D eigenvalue weighted by atomic mass is 19.3. The average molecular weight is 364 g/mol. The molecule has 138 valence electrons. The van der Waals surface area contributed by atoms with Gasteiger partial charge in [0.15, 0.2) is 17.0 Å². The molecular formula is C19H19F3N2O2. The smallest absolute Gasteiger partial charge is 0.248 e. The molecule has 2 aromatic rings. The van der Waals surface area contributed by atoms with Crippen LogP contribution in [0.5, 0.6) is 5.75 Å². The minimum Gasteiger partial charge on any atom is -0.487 e. The SMILES string of the molecule is CC1COc2c(N3CC4CC(F)(F)CC4C3)c(F)cc3c(=O)ccn1c23. The number of ether oxygens (including phenoxy) is 1. The fourth-order valence-electron chi connectivity index (χ4n) is 4.88. The minimum atomic E-state index is -2.61. The van der Waals surface area contributed by atoms with E-state index in [1.807, 2.05) is 16.4 Å². The highest BCUT2D eigenvalue weighted by Crippen LogP contribution is 2.50. The molecular weight excluding hydrogens is 345 g/mol. The van der Waals surface area contributed by atoms with Crippen molar-refractivity contribution < 1.29 is 17.9 Å². The molecule has 0 amide bonds. The molecule has 3 aliphatic rings. The van der Waals surface area contributed by atoms with Gasteiger partial charge in [-0.05, 0) is 24.8 Å². The van der Waals surface area contributed by atoms with E-state index in [2.05, 4.69) is 0 Å². The van der Waals surface area contributed by atoms with E-state index in [4.69, 9.17) is 4.74 Å². The first-order chi connectivity index (χ1) is 12.3. The van der Waals surface area contributed by atoms with Crippen LogP contribution in [0.3, 0.4) is 0 Å². The van der Waals surface area contributed by atoms with Crippen molar-refractivity contribution in [3.8, 4) is 5.75 Å². The summed E-state index contributed by atoms with van der Waals surface area (Å²) in [5.41, 5.74) is 0.648. The molecule has 1 aromatic carbocycles. The van der Waals surface area contributed by atoms with Crippen LogP contribution >= 0.6 is 0 Å². The number of hydrogen-bond donors (Lipinski definition) is 0. The van der Waals surface area contributed by atoms with Gasteiger partial charge in [0.2, 0.25) is 5.92 Å². The maximum atomic E-state index is 15.0. The Morgan fingerprint density at radius 2 is 1.92 bits per heavy atom. The van der Waals surface area contributed by atoms with Gasteiger partial charge in [-0.15, -0.1) is 0 Å². The number of rotatable bonds is 1. The first-order valence-corrected chi connectivity index (χ1v) is 8.97. The number of alkyl halides is 2. The summed E-state index contributed by atoms with van der Waals surface area (Å²) >= 11 is 0. The number of pyridine rings is 1. The summed E-state index contributed by atoms with van der Waals surface area (Å²) in [6.45, 7) is 3.13. The van der Waals surface area contributed by atoms with Gasteiger partial charge in [-0.3, -0.25) is 4.79 Å². The summed E-state index contributed by atoms with van der Waals surface area (Å²) in [5.74, 6) is -3.03. The normalized spacial score (nSPS) is 29.1. The van der Waals surface area contributed by atoms with E-state index < -0.39 is 11.7 Å². The molecule has 4 nitrogen and oxygen atoms in total. The molecule has 3 heterocycles. The average Bonchev–Trinajstić information content (AvgIpc) is 3.05. The monoisotopic (exact) mass is 364 g/mol. The van der Waals surface area contributed by atoms with E-state index in [0.717, 1.165) is 0 Å². The molecule has 1 saturated heterocycles. The van der Waals surface area contributed by atoms with Crippen LogP contribution in [-0.4, -0.2) is 30.2 Å². The number of anilines is 1. The molecule has 0 spiro atoms. The highest BCUT2D eigenvalue weighted by Gasteiger charge is 2.51. The molecule has 5 rings (SSSR count). The molecule has 0 N–H and O–H groups in total. The quantitative estimate of drug-likeness (QED) is 0.776. The molecule has 2 fully saturated rings. The zero-order chi connectivity index (χ0) is 18.2. The third-order valence-electron chi connectivity index (χ3n) is 6.05. The summed E-state index contributed by atoms with van der Waals surface area (Å²) in [5, 5.41) is 0.293. The summed E-state index contributed by atoms with van der Waals surface area (Å²) in [7, 11) is 0. The third-order valence-corrected chi connectivity index (χ3v) is 6.05. The fraction of sp³-hybridized carbons (Fsp3) is 0.526. The highest BCUT2D eigenvalue weighted by molar-refractivity contribution is 5.92. The molecule has 1 aromatic heterocycles. The molecule has 0 bridgehead atoms. The zero-order valence-electron chi connectivity index (χ0n) is 14.3. The third kappa shape index (κ3) is 2.18. The fourth-order valence-corrected chi connectivity index (χ4v) is 4.88. The Hall–Kier alpha value is -2.18. The summed E-state index contributed by atoms with van der Waals surface area (Å²) in [4.78, 5) is 14.0. The zero-order valence-corrected chi connectivity index (χ0v) is 14.3. The van der Waals surface area contributed by atoms with Gasteiger partial charge in [-0.1, -0.05) is 0 Å². The van der Waals surface area contributed by atoms with Crippen LogP contribution in [0.25, 0.3) is 10.9 Å². The number of hydrogen-bond acceptors (Lipinski definition) is 3. The van der Waals surface area contributed by atoms with E-state index in [0.29, 0.717) is 42.0 Å². The lowest BCUT2D eigenvalue weighted by Crippen LogP contribution is -2.29. The molecule has 1 saturated carbocycles. The van der Waals surface area contributed by atoms with Gasteiger partial charge in [-0.25, -0.2) is 13.2 Å². The summed E-state index contributed by atoms with van der Waals surface area (Å²) < 4.78 is 50.0. The van der Waals surface area contributed by atoms with E-state index in [9.17, 15) is 18.0 Å². The van der Waals surface area contributed by atoms with Crippen LogP contribution in [0, 0.1) is 17.7 Å². The van der Waals surface area contributed by atoms with Crippen molar-refractivity contribution in [1.82, 2.24) is 4.57 Å². The lowest BCUT2D eigenvalue weighted by atomic mass is 10.0. The standard InChI is InChI=1S/C19H19F3N2O2/c1-10-9-26-18-16-13(15(25)2-3-24(10)16)4-14(20)17(18)23-7-11-5-19(21,22)6-12(11)8-23/h2-4,10-12H,5-9H2,1H3. The van der Waals surface area contributed by atoms with Gasteiger partial charge in [0.25, 0.3) is 0 Å². The molecule has 3 atom stereocenters. The topological polar surface area (TPSA) is 34.5 Å². The Labute approximate surface area is 148 Å². The Bertz CT molecular complexity index is 955. The Balaban J connectivity index is 1.64. The second-order valence-corrected chi connectivity index (χ2v) is 7.87. The van der Waals surface area contributed by atoms with E-state index in [1.54, 1.807) is 6.20 Å². The number of benzene rings is 1. The van der Waals surface area contributed by atoms with Crippen molar-refractivity contribution >= 4 is 16.6 Å². The maximum absolute atomic E-state index is 15.0. The van der Waals surface area contributed by atoms with Crippen molar-refractivity contribution in [3.05, 3.63) is 34.4 Å². The predicted octanol–water partition coefficient (Wildman–Crippen LogP) is 3.58. The molecule has 3 unspecified atom stereocenters. The van der Waals surface area contributed by atoms with E-state index in [1.165, 1.54) is 12.1 Å². The number of nitrogens with zero attached hydrogens (tertiary/aromatic N) is 2. The maximum Gasteiger partial charge on any atom is 0.248 e. The largest absolute Gasteiger partial charge is 0.487 e. The van der Waals surface area contributed by atoms with Crippen molar-refractivity contribution in [2.24, 2.45) is 11.8 Å². The van der Waals surface area contributed by atoms with Crippen LogP contribution < -0.4 is 15.1 Å². The first-order valence-electron chi connectivity index (χ1n) is 8.97. The molecule has 2 aliphatic heterocycles. The van der Waals surface area contributed by atoms with Crippen molar-refractivity contribution in [3.63, 3.8) is 0 Å². The van der Waals surface area contributed by atoms with Crippen molar-refractivity contribution in [2.45, 2.75) is 31.7 Å². The van der Waals surface area contributed by atoms with Gasteiger partial charge < -0.3 is 14.2 Å². The van der Waals surface area contributed by atoms with E-state index in [-0.39, 0.29) is 36.1 Å². The van der Waals surface area contributed by atoms with Gasteiger partial charge in [0, 0.05) is 38.2 Å². The van der Waals surface area contributed by atoms with Crippen LogP contribution in [0.15, 0.2) is 23.1 Å². The lowest BCUT2D eigenvalue weighted by Gasteiger charge is -2.31. The van der Waals surface area contributed by atoms with Crippen LogP contribution in [0.4, 0.5) is 18.9 Å². The molecule has 26 heavy (non-hydrogen) atoms. The summed E-state index contributed by atoms with van der Waals surface area (Å²) in [6, 6.07) is 2.73. The number of halogens is 3. The summed E-state index contributed by atoms with van der Waals surface area (Å²) in [6.07, 6.45) is 1.44. The Morgan fingerprint density at radius 3 is 2.62 bits per heavy atom. The van der Waals surface area contributed by atoms with Crippen LogP contribution in [0.1, 0.15) is 25.8 Å². The van der Waals surface area contributed by atoms with Crippen LogP contribution in [-0.2, 0) is 0 Å². The Kier molecular flexibility index (Phi) is 3.19. The van der Waals surface area contributed by atoms with Gasteiger partial charge in [-0.2, -0.15) is 0 Å². The lowest BCUT2D eigenvalue weighted by molar-refractivity contribution is 0.00173. The van der Waals surface area contributed by atoms with Gasteiger partial charge in [0.1, 0.15) is 12.3 Å². The molecule has 1 aliphatic carbocycles. The second-order valence-electron chi connectivity index (χ2n) is 7.87. The van der Waals surface area contributed by atoms with Crippen molar-refractivity contribution in [1.29, 1.82) is 0 Å². The number of fused-ring (bicyclic) bond motifs is 1. The van der Waals surface area contributed by atoms with Crippen molar-refractivity contribution in [2.75, 3.05) is 24.6 Å². The van der Waals surface area contributed by atoms with E-state index >= 15 is 0 Å². The van der Waals surface area contributed by atoms with Gasteiger partial charge in [0.05, 0.1) is 16.9 Å².